The number of hydrogen-bond donors (Lipinski definition) is 1. The molecular weight excluding hydrogens is 308 g/mol. The molecule has 5 heteroatoms. The third kappa shape index (κ3) is 4.32. The van der Waals surface area contributed by atoms with Crippen LogP contribution in [0.1, 0.15) is 40.4 Å². The van der Waals surface area contributed by atoms with Crippen molar-refractivity contribution < 1.29 is 9.53 Å². The molecule has 0 radical (unpaired) electrons. The molecule has 0 bridgehead atoms. The molecule has 4 nitrogen and oxygen atoms in total. The molecule has 1 N–H and O–H groups in total. The first-order valence-corrected chi connectivity index (χ1v) is 8.93. The Labute approximate surface area is 140 Å². The maximum Gasteiger partial charge on any atom is 0.220 e. The minimum absolute atomic E-state index is 0.0704. The Kier molecular flexibility index (Phi) is 5.28. The Morgan fingerprint density at radius 1 is 1.35 bits per heavy atom. The highest BCUT2D eigenvalue weighted by Crippen LogP contribution is 2.26. The zero-order valence-electron chi connectivity index (χ0n) is 13.4. The molecule has 2 aromatic rings. The zero-order valence-corrected chi connectivity index (χ0v) is 14.2. The van der Waals surface area contributed by atoms with Crippen LogP contribution in [0.15, 0.2) is 24.3 Å². The largest absolute Gasteiger partial charge is 0.497 e. The van der Waals surface area contributed by atoms with Crippen LogP contribution in [-0.2, 0) is 30.6 Å². The van der Waals surface area contributed by atoms with E-state index < -0.39 is 0 Å². The summed E-state index contributed by atoms with van der Waals surface area (Å²) in [7, 11) is 1.65. The van der Waals surface area contributed by atoms with E-state index in [9.17, 15) is 4.79 Å². The molecule has 1 aromatic heterocycles. The standard InChI is InChI=1S/C18H22N2O2S/c1-22-14-6-4-5-13(11-14)9-10-17(21)19-12-18-20-15-7-2-3-8-16(15)23-18/h4-6,11H,2-3,7-10,12H2,1H3,(H,19,21). The van der Waals surface area contributed by atoms with E-state index in [4.69, 9.17) is 4.74 Å². The molecule has 0 atom stereocenters. The van der Waals surface area contributed by atoms with Crippen LogP contribution in [0.3, 0.4) is 0 Å². The molecule has 23 heavy (non-hydrogen) atoms. The molecule has 0 spiro atoms. The molecule has 1 aliphatic carbocycles. The summed E-state index contributed by atoms with van der Waals surface area (Å²) in [6.07, 6.45) is 5.95. The number of rotatable bonds is 6. The average Bonchev–Trinajstić information content (AvgIpc) is 3.01. The highest BCUT2D eigenvalue weighted by molar-refractivity contribution is 7.11. The number of ether oxygens (including phenoxy) is 1. The van der Waals surface area contributed by atoms with Crippen LogP contribution in [0.4, 0.5) is 0 Å². The van der Waals surface area contributed by atoms with Crippen molar-refractivity contribution in [1.82, 2.24) is 10.3 Å². The maximum absolute atomic E-state index is 12.0. The van der Waals surface area contributed by atoms with Crippen molar-refractivity contribution in [3.63, 3.8) is 0 Å². The molecule has 1 aromatic carbocycles. The maximum atomic E-state index is 12.0. The van der Waals surface area contributed by atoms with Gasteiger partial charge in [0.25, 0.3) is 0 Å². The van der Waals surface area contributed by atoms with Gasteiger partial charge in [-0.2, -0.15) is 0 Å². The minimum atomic E-state index is 0.0704. The van der Waals surface area contributed by atoms with Crippen molar-refractivity contribution in [2.45, 2.75) is 45.1 Å². The summed E-state index contributed by atoms with van der Waals surface area (Å²) in [5, 5.41) is 4.02. The molecule has 1 heterocycles. The van der Waals surface area contributed by atoms with Crippen LogP contribution in [-0.4, -0.2) is 18.0 Å². The number of nitrogens with one attached hydrogen (secondary N) is 1. The predicted octanol–water partition coefficient (Wildman–Crippen LogP) is 3.28. The first-order chi connectivity index (χ1) is 11.2. The summed E-state index contributed by atoms with van der Waals surface area (Å²) < 4.78 is 5.20. The van der Waals surface area contributed by atoms with Crippen molar-refractivity contribution in [2.75, 3.05) is 7.11 Å². The Morgan fingerprint density at radius 2 is 2.22 bits per heavy atom. The van der Waals surface area contributed by atoms with Gasteiger partial charge in [0.15, 0.2) is 0 Å². The number of thiazole rings is 1. The minimum Gasteiger partial charge on any atom is -0.497 e. The summed E-state index contributed by atoms with van der Waals surface area (Å²) in [5.74, 6) is 0.900. The average molecular weight is 330 g/mol. The molecule has 3 rings (SSSR count). The van der Waals surface area contributed by atoms with Gasteiger partial charge in [0, 0.05) is 11.3 Å². The van der Waals surface area contributed by atoms with E-state index in [2.05, 4.69) is 10.3 Å². The lowest BCUT2D eigenvalue weighted by molar-refractivity contribution is -0.121. The number of hydrogen-bond acceptors (Lipinski definition) is 4. The third-order valence-electron chi connectivity index (χ3n) is 4.10. The predicted molar refractivity (Wildman–Crippen MR) is 91.9 cm³/mol. The fourth-order valence-corrected chi connectivity index (χ4v) is 3.93. The number of nitrogens with zero attached hydrogens (tertiary/aromatic N) is 1. The summed E-state index contributed by atoms with van der Waals surface area (Å²) >= 11 is 1.75. The van der Waals surface area contributed by atoms with Gasteiger partial charge in [-0.15, -0.1) is 11.3 Å². The van der Waals surface area contributed by atoms with Crippen LogP contribution in [0.5, 0.6) is 5.75 Å². The Morgan fingerprint density at radius 3 is 3.04 bits per heavy atom. The van der Waals surface area contributed by atoms with Crippen molar-refractivity contribution in [2.24, 2.45) is 0 Å². The van der Waals surface area contributed by atoms with Crippen LogP contribution in [0, 0.1) is 0 Å². The quantitative estimate of drug-likeness (QED) is 0.884. The smallest absolute Gasteiger partial charge is 0.220 e. The van der Waals surface area contributed by atoms with Crippen LogP contribution in [0.25, 0.3) is 0 Å². The fourth-order valence-electron chi connectivity index (χ4n) is 2.83. The van der Waals surface area contributed by atoms with Gasteiger partial charge < -0.3 is 10.1 Å². The van der Waals surface area contributed by atoms with Crippen LogP contribution < -0.4 is 10.1 Å². The van der Waals surface area contributed by atoms with Crippen molar-refractivity contribution in [3.05, 3.63) is 45.4 Å². The first kappa shape index (κ1) is 16.0. The second-order valence-corrected chi connectivity index (χ2v) is 6.98. The van der Waals surface area contributed by atoms with Crippen molar-refractivity contribution in [3.8, 4) is 5.75 Å². The van der Waals surface area contributed by atoms with Gasteiger partial charge in [-0.25, -0.2) is 4.98 Å². The van der Waals surface area contributed by atoms with E-state index in [0.717, 1.165) is 35.6 Å². The van der Waals surface area contributed by atoms with Gasteiger partial charge in [-0.1, -0.05) is 12.1 Å². The van der Waals surface area contributed by atoms with E-state index in [1.807, 2.05) is 24.3 Å². The van der Waals surface area contributed by atoms with Gasteiger partial charge in [0.05, 0.1) is 19.3 Å². The van der Waals surface area contributed by atoms with Gasteiger partial charge in [0.1, 0.15) is 10.8 Å². The zero-order chi connectivity index (χ0) is 16.1. The number of aryl methyl sites for hydroxylation is 3. The second kappa shape index (κ2) is 7.59. The molecule has 0 unspecified atom stereocenters. The number of fused-ring (bicyclic) bond motifs is 1. The van der Waals surface area contributed by atoms with E-state index in [1.165, 1.54) is 23.4 Å². The van der Waals surface area contributed by atoms with Gasteiger partial charge in [0.2, 0.25) is 5.91 Å². The first-order valence-electron chi connectivity index (χ1n) is 8.11. The Balaban J connectivity index is 1.46. The molecular formula is C18H22N2O2S. The second-order valence-electron chi connectivity index (χ2n) is 5.81. The van der Waals surface area contributed by atoms with E-state index in [1.54, 1.807) is 18.4 Å². The number of carbonyl (C=O) groups excluding carboxylic acids is 1. The molecule has 1 aliphatic rings. The topological polar surface area (TPSA) is 51.2 Å². The van der Waals surface area contributed by atoms with Crippen molar-refractivity contribution >= 4 is 17.2 Å². The summed E-state index contributed by atoms with van der Waals surface area (Å²) in [6.45, 7) is 0.550. The fraction of sp³-hybridized carbons (Fsp3) is 0.444. The van der Waals surface area contributed by atoms with Gasteiger partial charge in [-0.3, -0.25) is 4.79 Å². The summed E-state index contributed by atoms with van der Waals surface area (Å²) in [4.78, 5) is 18.1. The number of carbonyl (C=O) groups is 1. The van der Waals surface area contributed by atoms with E-state index in [-0.39, 0.29) is 5.91 Å². The van der Waals surface area contributed by atoms with Crippen LogP contribution >= 0.6 is 11.3 Å². The molecule has 0 saturated heterocycles. The number of aromatic nitrogens is 1. The van der Waals surface area contributed by atoms with E-state index >= 15 is 0 Å². The Bertz CT molecular complexity index is 658. The lowest BCUT2D eigenvalue weighted by Crippen LogP contribution is -2.22. The normalized spacial score (nSPS) is 13.4. The highest BCUT2D eigenvalue weighted by Gasteiger charge is 2.15. The third-order valence-corrected chi connectivity index (χ3v) is 5.26. The van der Waals surface area contributed by atoms with Crippen LogP contribution in [0.2, 0.25) is 0 Å². The van der Waals surface area contributed by atoms with Gasteiger partial charge in [-0.05, 0) is 49.8 Å². The molecule has 122 valence electrons. The summed E-state index contributed by atoms with van der Waals surface area (Å²) in [6, 6.07) is 7.85. The number of amides is 1. The molecule has 0 fully saturated rings. The van der Waals surface area contributed by atoms with E-state index in [0.29, 0.717) is 13.0 Å². The molecule has 0 aliphatic heterocycles. The lowest BCUT2D eigenvalue weighted by atomic mass is 10.0. The molecule has 1 amide bonds. The lowest BCUT2D eigenvalue weighted by Gasteiger charge is -2.06. The number of methoxy groups -OCH3 is 1. The van der Waals surface area contributed by atoms with Crippen molar-refractivity contribution in [1.29, 1.82) is 0 Å². The molecule has 0 saturated carbocycles. The summed E-state index contributed by atoms with van der Waals surface area (Å²) in [5.41, 5.74) is 2.37. The monoisotopic (exact) mass is 330 g/mol. The number of benzene rings is 1. The SMILES string of the molecule is COc1cccc(CCC(=O)NCc2nc3c(s2)CCCC3)c1. The Hall–Kier alpha value is -1.88. The van der Waals surface area contributed by atoms with Gasteiger partial charge >= 0.3 is 0 Å². The highest BCUT2D eigenvalue weighted by atomic mass is 32.1.